The van der Waals surface area contributed by atoms with Gasteiger partial charge in [0.05, 0.1) is 0 Å². The second-order valence-electron chi connectivity index (χ2n) is 4.69. The van der Waals surface area contributed by atoms with E-state index in [2.05, 4.69) is 21.2 Å². The van der Waals surface area contributed by atoms with Crippen LogP contribution in [0.25, 0.3) is 0 Å². The van der Waals surface area contributed by atoms with Gasteiger partial charge in [0, 0.05) is 6.20 Å². The van der Waals surface area contributed by atoms with Crippen LogP contribution in [0.2, 0.25) is 0 Å². The van der Waals surface area contributed by atoms with Crippen LogP contribution in [-0.4, -0.2) is 23.5 Å². The molecule has 7 heteroatoms. The molecule has 3 N–H and O–H groups in total. The molecule has 1 saturated carbocycles. The Balaban J connectivity index is 0.00000180. The highest BCUT2D eigenvalue weighted by atomic mass is 35.5. The van der Waals surface area contributed by atoms with E-state index >= 15 is 0 Å². The van der Waals surface area contributed by atoms with Gasteiger partial charge in [0.1, 0.15) is 11.4 Å². The van der Waals surface area contributed by atoms with Crippen molar-refractivity contribution in [3.63, 3.8) is 0 Å². The van der Waals surface area contributed by atoms with Gasteiger partial charge in [-0.3, -0.25) is 10.2 Å². The molecule has 1 aliphatic carbocycles. The third kappa shape index (κ3) is 4.59. The SMILES string of the molecule is CNNC1(C(=O)Nc2ccccn2)CCCCC1.Cl.Cl. The first-order chi connectivity index (χ1) is 8.77. The van der Waals surface area contributed by atoms with E-state index < -0.39 is 5.54 Å². The molecule has 2 rings (SSSR count). The number of anilines is 1. The van der Waals surface area contributed by atoms with E-state index in [-0.39, 0.29) is 30.7 Å². The summed E-state index contributed by atoms with van der Waals surface area (Å²) in [4.78, 5) is 16.6. The summed E-state index contributed by atoms with van der Waals surface area (Å²) in [6.07, 6.45) is 6.73. The van der Waals surface area contributed by atoms with Gasteiger partial charge in [0.25, 0.3) is 0 Å². The van der Waals surface area contributed by atoms with Crippen LogP contribution in [0.4, 0.5) is 5.82 Å². The molecule has 0 aliphatic heterocycles. The highest BCUT2D eigenvalue weighted by Crippen LogP contribution is 2.28. The van der Waals surface area contributed by atoms with Crippen molar-refractivity contribution in [2.24, 2.45) is 0 Å². The van der Waals surface area contributed by atoms with Gasteiger partial charge in [0.15, 0.2) is 0 Å². The smallest absolute Gasteiger partial charge is 0.247 e. The number of pyridine rings is 1. The summed E-state index contributed by atoms with van der Waals surface area (Å²) in [5, 5.41) is 2.88. The quantitative estimate of drug-likeness (QED) is 0.745. The number of carbonyl (C=O) groups is 1. The average molecular weight is 321 g/mol. The standard InChI is InChI=1S/C13H20N4O.2ClH/c1-14-17-13(8-4-2-5-9-13)12(18)16-11-7-3-6-10-15-11;;/h3,6-7,10,14,17H,2,4-5,8-9H2,1H3,(H,15,16,18);2*1H. The molecule has 0 spiro atoms. The maximum absolute atomic E-state index is 12.4. The zero-order chi connectivity index (χ0) is 12.8. The Bertz CT molecular complexity index is 391. The van der Waals surface area contributed by atoms with Gasteiger partial charge in [-0.15, -0.1) is 24.8 Å². The van der Waals surface area contributed by atoms with E-state index in [0.29, 0.717) is 5.82 Å². The van der Waals surface area contributed by atoms with Crippen LogP contribution in [0.3, 0.4) is 0 Å². The normalized spacial score (nSPS) is 16.4. The van der Waals surface area contributed by atoms with Crippen molar-refractivity contribution in [2.45, 2.75) is 37.6 Å². The third-order valence-electron chi connectivity index (χ3n) is 3.41. The lowest BCUT2D eigenvalue weighted by Crippen LogP contribution is -2.59. The summed E-state index contributed by atoms with van der Waals surface area (Å²) in [5.41, 5.74) is 5.53. The van der Waals surface area contributed by atoms with E-state index in [1.807, 2.05) is 12.1 Å². The van der Waals surface area contributed by atoms with E-state index in [1.165, 1.54) is 6.42 Å². The molecule has 0 unspecified atom stereocenters. The molecule has 1 amide bonds. The summed E-state index contributed by atoms with van der Waals surface area (Å²) < 4.78 is 0. The number of carbonyl (C=O) groups excluding carboxylic acids is 1. The van der Waals surface area contributed by atoms with Crippen LogP contribution in [0, 0.1) is 0 Å². The second-order valence-corrected chi connectivity index (χ2v) is 4.69. The summed E-state index contributed by atoms with van der Waals surface area (Å²) in [6.45, 7) is 0. The van der Waals surface area contributed by atoms with Gasteiger partial charge < -0.3 is 5.32 Å². The largest absolute Gasteiger partial charge is 0.309 e. The van der Waals surface area contributed by atoms with Crippen LogP contribution < -0.4 is 16.2 Å². The number of rotatable bonds is 4. The van der Waals surface area contributed by atoms with Gasteiger partial charge in [-0.2, -0.15) is 0 Å². The zero-order valence-corrected chi connectivity index (χ0v) is 13.1. The van der Waals surface area contributed by atoms with Gasteiger partial charge in [-0.1, -0.05) is 25.3 Å². The zero-order valence-electron chi connectivity index (χ0n) is 11.5. The first kappa shape index (κ1) is 19.1. The van der Waals surface area contributed by atoms with E-state index in [4.69, 9.17) is 0 Å². The molecule has 0 atom stereocenters. The Labute approximate surface area is 132 Å². The lowest BCUT2D eigenvalue weighted by Gasteiger charge is -2.36. The number of nitrogens with one attached hydrogen (secondary N) is 3. The summed E-state index contributed by atoms with van der Waals surface area (Å²) >= 11 is 0. The van der Waals surface area contributed by atoms with Crippen molar-refractivity contribution < 1.29 is 4.79 Å². The van der Waals surface area contributed by atoms with Gasteiger partial charge in [-0.25, -0.2) is 10.4 Å². The molecule has 0 bridgehead atoms. The number of halogens is 2. The lowest BCUT2D eigenvalue weighted by atomic mass is 9.81. The molecular weight excluding hydrogens is 299 g/mol. The maximum atomic E-state index is 12.4. The van der Waals surface area contributed by atoms with Crippen molar-refractivity contribution in [3.05, 3.63) is 24.4 Å². The Morgan fingerprint density at radius 2 is 1.90 bits per heavy atom. The fraction of sp³-hybridized carbons (Fsp3) is 0.538. The number of nitrogens with zero attached hydrogens (tertiary/aromatic N) is 1. The van der Waals surface area contributed by atoms with Gasteiger partial charge in [0.2, 0.25) is 5.91 Å². The molecule has 1 heterocycles. The maximum Gasteiger partial charge on any atom is 0.247 e. The van der Waals surface area contributed by atoms with Gasteiger partial charge >= 0.3 is 0 Å². The fourth-order valence-corrected chi connectivity index (χ4v) is 2.48. The van der Waals surface area contributed by atoms with Crippen LogP contribution in [0.1, 0.15) is 32.1 Å². The van der Waals surface area contributed by atoms with Crippen molar-refractivity contribution in [1.29, 1.82) is 0 Å². The molecule has 5 nitrogen and oxygen atoms in total. The minimum atomic E-state index is -0.509. The lowest BCUT2D eigenvalue weighted by molar-refractivity contribution is -0.124. The molecule has 0 saturated heterocycles. The van der Waals surface area contributed by atoms with Crippen molar-refractivity contribution in [3.8, 4) is 0 Å². The third-order valence-corrected chi connectivity index (χ3v) is 3.41. The average Bonchev–Trinajstić information content (AvgIpc) is 2.41. The van der Waals surface area contributed by atoms with Crippen LogP contribution >= 0.6 is 24.8 Å². The van der Waals surface area contributed by atoms with Gasteiger partial charge in [-0.05, 0) is 32.0 Å². The van der Waals surface area contributed by atoms with E-state index in [0.717, 1.165) is 25.7 Å². The fourth-order valence-electron chi connectivity index (χ4n) is 2.48. The summed E-state index contributed by atoms with van der Waals surface area (Å²) in [7, 11) is 1.80. The molecule has 1 fully saturated rings. The van der Waals surface area contributed by atoms with E-state index in [9.17, 15) is 4.79 Å². The molecule has 1 aromatic rings. The number of amides is 1. The highest BCUT2D eigenvalue weighted by Gasteiger charge is 2.39. The first-order valence-electron chi connectivity index (χ1n) is 6.43. The molecule has 1 aromatic heterocycles. The van der Waals surface area contributed by atoms with Crippen LogP contribution in [0.5, 0.6) is 0 Å². The minimum absolute atomic E-state index is 0. The molecule has 114 valence electrons. The first-order valence-corrected chi connectivity index (χ1v) is 6.43. The molecule has 1 aliphatic rings. The predicted octanol–water partition coefficient (Wildman–Crippen LogP) is 2.29. The molecule has 0 aromatic carbocycles. The molecular formula is C13H22Cl2N4O. The Kier molecular flexibility index (Phi) is 8.73. The van der Waals surface area contributed by atoms with Crippen molar-refractivity contribution >= 4 is 36.5 Å². The van der Waals surface area contributed by atoms with Crippen molar-refractivity contribution in [2.75, 3.05) is 12.4 Å². The van der Waals surface area contributed by atoms with E-state index in [1.54, 1.807) is 19.3 Å². The number of hydrazine groups is 1. The molecule has 0 radical (unpaired) electrons. The number of hydrogen-bond donors (Lipinski definition) is 3. The second kappa shape index (κ2) is 9.13. The monoisotopic (exact) mass is 320 g/mol. The predicted molar refractivity (Wildman–Crippen MR) is 85.4 cm³/mol. The number of aromatic nitrogens is 1. The van der Waals surface area contributed by atoms with Crippen molar-refractivity contribution in [1.82, 2.24) is 15.8 Å². The van der Waals surface area contributed by atoms with Crippen LogP contribution in [-0.2, 0) is 4.79 Å². The highest BCUT2D eigenvalue weighted by molar-refractivity contribution is 5.97. The van der Waals surface area contributed by atoms with Crippen LogP contribution in [0.15, 0.2) is 24.4 Å². The Morgan fingerprint density at radius 3 is 2.45 bits per heavy atom. The summed E-state index contributed by atoms with van der Waals surface area (Å²) in [5.74, 6) is 0.598. The summed E-state index contributed by atoms with van der Waals surface area (Å²) in [6, 6.07) is 5.49. The Morgan fingerprint density at radius 1 is 1.20 bits per heavy atom. The Hall–Kier alpha value is -0.880. The topological polar surface area (TPSA) is 66.0 Å². The molecule has 20 heavy (non-hydrogen) atoms. The number of hydrogen-bond acceptors (Lipinski definition) is 4. The minimum Gasteiger partial charge on any atom is -0.309 e.